The largest absolute Gasteiger partial charge is 0.354 e. The summed E-state index contributed by atoms with van der Waals surface area (Å²) in [7, 11) is 0. The van der Waals surface area contributed by atoms with Crippen LogP contribution < -0.4 is 5.32 Å². The number of rotatable bonds is 6. The second kappa shape index (κ2) is 9.91. The fourth-order valence-electron chi connectivity index (χ4n) is 4.19. The zero-order valence-corrected chi connectivity index (χ0v) is 17.8. The van der Waals surface area contributed by atoms with Gasteiger partial charge in [-0.2, -0.15) is 0 Å². The van der Waals surface area contributed by atoms with E-state index in [0.717, 1.165) is 24.0 Å². The number of hydrogen-bond donors (Lipinski definition) is 1. The average Bonchev–Trinajstić information content (AvgIpc) is 3.24. The van der Waals surface area contributed by atoms with Crippen molar-refractivity contribution in [1.82, 2.24) is 10.2 Å². The molecule has 1 N–H and O–H groups in total. The Morgan fingerprint density at radius 1 is 0.966 bits per heavy atom. The maximum atomic E-state index is 12.7. The van der Waals surface area contributed by atoms with Crippen LogP contribution in [-0.4, -0.2) is 30.4 Å². The Morgan fingerprint density at radius 3 is 2.41 bits per heavy atom. The monoisotopic (exact) mass is 408 g/mol. The first-order valence-corrected chi connectivity index (χ1v) is 10.2. The third-order valence-corrected chi connectivity index (χ3v) is 5.77. The van der Waals surface area contributed by atoms with E-state index in [9.17, 15) is 4.79 Å². The van der Waals surface area contributed by atoms with Crippen molar-refractivity contribution >= 4 is 29.1 Å². The average molecular weight is 409 g/mol. The summed E-state index contributed by atoms with van der Waals surface area (Å²) >= 11 is 0. The van der Waals surface area contributed by atoms with Gasteiger partial charge in [-0.1, -0.05) is 72.3 Å². The molecule has 1 aliphatic rings. The van der Waals surface area contributed by atoms with E-state index >= 15 is 0 Å². The van der Waals surface area contributed by atoms with Crippen LogP contribution in [0.4, 0.5) is 0 Å². The Labute approximate surface area is 179 Å². The van der Waals surface area contributed by atoms with Gasteiger partial charge in [-0.25, -0.2) is 0 Å². The van der Waals surface area contributed by atoms with Crippen LogP contribution in [0, 0.1) is 6.92 Å². The van der Waals surface area contributed by atoms with Crippen LogP contribution >= 0.6 is 12.4 Å². The number of benzene rings is 3. The standard InChI is InChI=1S/C25H28N2O.ClH/c1-19-11-13-21(14-12-19)24(27-15-4-5-16-27)18-26-25(28)17-22-9-6-8-20-7-2-3-10-23(20)22;/h2-3,6-14,24H,4-5,15-18H2,1H3,(H,26,28);1H. The SMILES string of the molecule is Cc1ccc(C(CNC(=O)Cc2cccc3ccccc23)N2CCCC2)cc1.Cl. The predicted molar refractivity (Wildman–Crippen MR) is 123 cm³/mol. The minimum atomic E-state index is 0. The number of carbonyl (C=O) groups is 1. The van der Waals surface area contributed by atoms with E-state index < -0.39 is 0 Å². The molecule has 0 aromatic heterocycles. The van der Waals surface area contributed by atoms with Crippen molar-refractivity contribution in [3.63, 3.8) is 0 Å². The van der Waals surface area contributed by atoms with Gasteiger partial charge in [0.15, 0.2) is 0 Å². The lowest BCUT2D eigenvalue weighted by Gasteiger charge is -2.28. The van der Waals surface area contributed by atoms with Crippen molar-refractivity contribution < 1.29 is 4.79 Å². The molecule has 3 nitrogen and oxygen atoms in total. The zero-order valence-electron chi connectivity index (χ0n) is 16.9. The molecular weight excluding hydrogens is 380 g/mol. The van der Waals surface area contributed by atoms with Gasteiger partial charge in [0.25, 0.3) is 0 Å². The Bertz CT molecular complexity index is 943. The highest BCUT2D eigenvalue weighted by atomic mass is 35.5. The zero-order chi connectivity index (χ0) is 19.3. The van der Waals surface area contributed by atoms with Crippen molar-refractivity contribution in [3.8, 4) is 0 Å². The van der Waals surface area contributed by atoms with Crippen molar-refractivity contribution in [2.24, 2.45) is 0 Å². The summed E-state index contributed by atoms with van der Waals surface area (Å²) < 4.78 is 0. The molecule has 1 heterocycles. The number of likely N-dealkylation sites (tertiary alicyclic amines) is 1. The van der Waals surface area contributed by atoms with E-state index in [2.05, 4.69) is 65.7 Å². The van der Waals surface area contributed by atoms with Crippen LogP contribution in [0.5, 0.6) is 0 Å². The molecule has 1 saturated heterocycles. The minimum Gasteiger partial charge on any atom is -0.354 e. The Balaban J connectivity index is 0.00000240. The number of aryl methyl sites for hydroxylation is 1. The van der Waals surface area contributed by atoms with Crippen molar-refractivity contribution in [3.05, 3.63) is 83.4 Å². The first-order valence-electron chi connectivity index (χ1n) is 10.2. The lowest BCUT2D eigenvalue weighted by Crippen LogP contribution is -2.37. The first kappa shape index (κ1) is 21.4. The summed E-state index contributed by atoms with van der Waals surface area (Å²) in [6.07, 6.45) is 2.90. The van der Waals surface area contributed by atoms with Crippen molar-refractivity contribution in [2.75, 3.05) is 19.6 Å². The smallest absolute Gasteiger partial charge is 0.224 e. The summed E-state index contributed by atoms with van der Waals surface area (Å²) in [5.41, 5.74) is 3.64. The van der Waals surface area contributed by atoms with Gasteiger partial charge in [0.05, 0.1) is 12.5 Å². The molecule has 0 saturated carbocycles. The number of fused-ring (bicyclic) bond motifs is 1. The van der Waals surface area contributed by atoms with Crippen LogP contribution in [0.2, 0.25) is 0 Å². The van der Waals surface area contributed by atoms with Gasteiger partial charge in [0.1, 0.15) is 0 Å². The molecule has 3 aromatic rings. The van der Waals surface area contributed by atoms with Gasteiger partial charge in [0, 0.05) is 6.54 Å². The van der Waals surface area contributed by atoms with Gasteiger partial charge in [0.2, 0.25) is 5.91 Å². The molecule has 1 atom stereocenters. The Hall–Kier alpha value is -2.36. The highest BCUT2D eigenvalue weighted by Gasteiger charge is 2.24. The molecule has 1 aliphatic heterocycles. The quantitative estimate of drug-likeness (QED) is 0.617. The van der Waals surface area contributed by atoms with Gasteiger partial charge in [-0.15, -0.1) is 12.4 Å². The van der Waals surface area contributed by atoms with Crippen molar-refractivity contribution in [1.29, 1.82) is 0 Å². The number of amides is 1. The van der Waals surface area contributed by atoms with E-state index in [1.807, 2.05) is 18.2 Å². The van der Waals surface area contributed by atoms with Crippen LogP contribution in [0.1, 0.15) is 35.6 Å². The molecule has 3 aromatic carbocycles. The summed E-state index contributed by atoms with van der Waals surface area (Å²) in [4.78, 5) is 15.2. The molecule has 0 aliphatic carbocycles. The molecule has 1 unspecified atom stereocenters. The van der Waals surface area contributed by atoms with Gasteiger partial charge < -0.3 is 5.32 Å². The van der Waals surface area contributed by atoms with Crippen LogP contribution in [-0.2, 0) is 11.2 Å². The Morgan fingerprint density at radius 2 is 1.66 bits per heavy atom. The van der Waals surface area contributed by atoms with Gasteiger partial charge in [-0.05, 0) is 54.8 Å². The van der Waals surface area contributed by atoms with E-state index in [0.29, 0.717) is 13.0 Å². The molecule has 4 rings (SSSR count). The molecule has 1 fully saturated rings. The second-order valence-corrected chi connectivity index (χ2v) is 7.79. The molecule has 0 bridgehead atoms. The van der Waals surface area contributed by atoms with Gasteiger partial charge in [-0.3, -0.25) is 9.69 Å². The molecule has 0 radical (unpaired) electrons. The number of nitrogens with one attached hydrogen (secondary N) is 1. The molecule has 1 amide bonds. The number of carbonyl (C=O) groups excluding carboxylic acids is 1. The highest BCUT2D eigenvalue weighted by Crippen LogP contribution is 2.25. The topological polar surface area (TPSA) is 32.3 Å². The number of nitrogens with zero attached hydrogens (tertiary/aromatic N) is 1. The summed E-state index contributed by atoms with van der Waals surface area (Å²) in [6, 6.07) is 23.4. The maximum absolute atomic E-state index is 12.7. The minimum absolute atomic E-state index is 0. The van der Waals surface area contributed by atoms with E-state index in [-0.39, 0.29) is 24.4 Å². The number of halogens is 1. The molecular formula is C25H29ClN2O. The molecule has 152 valence electrons. The Kier molecular flexibility index (Phi) is 7.29. The van der Waals surface area contributed by atoms with Crippen LogP contribution in [0.25, 0.3) is 10.8 Å². The molecule has 29 heavy (non-hydrogen) atoms. The first-order chi connectivity index (χ1) is 13.7. The number of hydrogen-bond acceptors (Lipinski definition) is 2. The summed E-state index contributed by atoms with van der Waals surface area (Å²) in [6.45, 7) is 4.99. The predicted octanol–water partition coefficient (Wildman–Crippen LogP) is 5.07. The lowest BCUT2D eigenvalue weighted by atomic mass is 10.0. The van der Waals surface area contributed by atoms with Crippen molar-refractivity contribution in [2.45, 2.75) is 32.2 Å². The molecule has 0 spiro atoms. The lowest BCUT2D eigenvalue weighted by molar-refractivity contribution is -0.120. The summed E-state index contributed by atoms with van der Waals surface area (Å²) in [5.74, 6) is 0.0904. The van der Waals surface area contributed by atoms with E-state index in [1.165, 1.54) is 29.4 Å². The second-order valence-electron chi connectivity index (χ2n) is 7.79. The third-order valence-electron chi connectivity index (χ3n) is 5.77. The summed E-state index contributed by atoms with van der Waals surface area (Å²) in [5, 5.41) is 5.55. The fourth-order valence-corrected chi connectivity index (χ4v) is 4.19. The highest BCUT2D eigenvalue weighted by molar-refractivity contribution is 5.90. The van der Waals surface area contributed by atoms with E-state index in [4.69, 9.17) is 0 Å². The fraction of sp³-hybridized carbons (Fsp3) is 0.320. The third kappa shape index (κ3) is 5.17. The normalized spacial score (nSPS) is 15.1. The van der Waals surface area contributed by atoms with Crippen LogP contribution in [0.15, 0.2) is 66.7 Å². The molecule has 4 heteroatoms. The van der Waals surface area contributed by atoms with Gasteiger partial charge >= 0.3 is 0 Å². The van der Waals surface area contributed by atoms with E-state index in [1.54, 1.807) is 0 Å². The van der Waals surface area contributed by atoms with Crippen LogP contribution in [0.3, 0.4) is 0 Å². The maximum Gasteiger partial charge on any atom is 0.224 e.